The zero-order valence-corrected chi connectivity index (χ0v) is 6.64. The van der Waals surface area contributed by atoms with Gasteiger partial charge in [0, 0.05) is 5.75 Å². The maximum atomic E-state index is 4.01. The summed E-state index contributed by atoms with van der Waals surface area (Å²) in [5.74, 6) is 1.06. The van der Waals surface area contributed by atoms with Crippen LogP contribution in [0, 0.1) is 0 Å². The standard InChI is InChI=1S/C6H9N3S/c1-2-5-10-6-7-3-4-8-9-6/h3-4H,2,5H2,1H3. The van der Waals surface area contributed by atoms with Crippen LogP contribution < -0.4 is 0 Å². The molecule has 1 rings (SSSR count). The molecule has 1 aromatic heterocycles. The van der Waals surface area contributed by atoms with Crippen molar-refractivity contribution in [2.45, 2.75) is 18.5 Å². The largest absolute Gasteiger partial charge is 0.228 e. The Bertz CT molecular complexity index is 178. The van der Waals surface area contributed by atoms with E-state index in [-0.39, 0.29) is 0 Å². The third-order valence-electron chi connectivity index (χ3n) is 0.897. The highest BCUT2D eigenvalue weighted by Crippen LogP contribution is 2.10. The summed E-state index contributed by atoms with van der Waals surface area (Å²) in [4.78, 5) is 4.01. The van der Waals surface area contributed by atoms with E-state index in [0.29, 0.717) is 0 Å². The summed E-state index contributed by atoms with van der Waals surface area (Å²) < 4.78 is 0. The predicted molar refractivity (Wildman–Crippen MR) is 40.8 cm³/mol. The van der Waals surface area contributed by atoms with Gasteiger partial charge < -0.3 is 0 Å². The average molecular weight is 155 g/mol. The molecule has 0 bridgehead atoms. The van der Waals surface area contributed by atoms with Crippen LogP contribution in [0.25, 0.3) is 0 Å². The van der Waals surface area contributed by atoms with Crippen molar-refractivity contribution < 1.29 is 0 Å². The molecule has 1 heterocycles. The molecule has 0 amide bonds. The van der Waals surface area contributed by atoms with Crippen LogP contribution in [-0.2, 0) is 0 Å². The fourth-order valence-electron chi connectivity index (χ4n) is 0.495. The molecule has 0 aliphatic carbocycles. The second-order valence-corrected chi connectivity index (χ2v) is 2.84. The van der Waals surface area contributed by atoms with E-state index < -0.39 is 0 Å². The van der Waals surface area contributed by atoms with E-state index in [1.165, 1.54) is 0 Å². The van der Waals surface area contributed by atoms with Gasteiger partial charge in [-0.15, -0.1) is 5.10 Å². The minimum absolute atomic E-state index is 0.768. The highest BCUT2D eigenvalue weighted by molar-refractivity contribution is 7.99. The predicted octanol–water partition coefficient (Wildman–Crippen LogP) is 1.37. The Kier molecular flexibility index (Phi) is 3.15. The van der Waals surface area contributed by atoms with Crippen molar-refractivity contribution in [1.29, 1.82) is 0 Å². The van der Waals surface area contributed by atoms with Gasteiger partial charge in [0.05, 0.1) is 12.4 Å². The van der Waals surface area contributed by atoms with E-state index in [1.54, 1.807) is 24.2 Å². The third-order valence-corrected chi connectivity index (χ3v) is 1.95. The molecular formula is C6H9N3S. The van der Waals surface area contributed by atoms with Gasteiger partial charge in [0.2, 0.25) is 5.16 Å². The monoisotopic (exact) mass is 155 g/mol. The summed E-state index contributed by atoms with van der Waals surface area (Å²) in [6.07, 6.45) is 4.38. The Morgan fingerprint density at radius 2 is 2.40 bits per heavy atom. The average Bonchev–Trinajstić information content (AvgIpc) is 2.03. The van der Waals surface area contributed by atoms with Crippen LogP contribution in [-0.4, -0.2) is 20.9 Å². The Balaban J connectivity index is 2.43. The first-order valence-corrected chi connectivity index (χ1v) is 4.18. The zero-order chi connectivity index (χ0) is 7.23. The van der Waals surface area contributed by atoms with Gasteiger partial charge in [-0.3, -0.25) is 0 Å². The minimum atomic E-state index is 0.768. The van der Waals surface area contributed by atoms with Crippen molar-refractivity contribution in [3.63, 3.8) is 0 Å². The van der Waals surface area contributed by atoms with E-state index in [0.717, 1.165) is 17.3 Å². The van der Waals surface area contributed by atoms with E-state index in [1.807, 2.05) is 0 Å². The first kappa shape index (κ1) is 7.47. The van der Waals surface area contributed by atoms with Crippen LogP contribution >= 0.6 is 11.8 Å². The zero-order valence-electron chi connectivity index (χ0n) is 5.82. The molecule has 0 spiro atoms. The Labute approximate surface area is 64.3 Å². The maximum absolute atomic E-state index is 4.01. The van der Waals surface area contributed by atoms with Crippen molar-refractivity contribution in [3.05, 3.63) is 12.4 Å². The van der Waals surface area contributed by atoms with Gasteiger partial charge in [0.15, 0.2) is 0 Å². The number of nitrogens with zero attached hydrogens (tertiary/aromatic N) is 3. The molecule has 0 saturated carbocycles. The molecule has 1 aromatic rings. The normalized spacial score (nSPS) is 9.70. The summed E-state index contributed by atoms with van der Waals surface area (Å²) in [6, 6.07) is 0. The van der Waals surface area contributed by atoms with Crippen LogP contribution in [0.15, 0.2) is 17.6 Å². The lowest BCUT2D eigenvalue weighted by molar-refractivity contribution is 0.837. The SMILES string of the molecule is CCCSc1nccnn1. The highest BCUT2D eigenvalue weighted by Gasteiger charge is 1.92. The first-order chi connectivity index (χ1) is 4.93. The smallest absolute Gasteiger partial charge is 0.209 e. The maximum Gasteiger partial charge on any atom is 0.209 e. The summed E-state index contributed by atoms with van der Waals surface area (Å²) in [6.45, 7) is 2.13. The lowest BCUT2D eigenvalue weighted by atomic mass is 10.6. The molecule has 0 saturated heterocycles. The summed E-state index contributed by atoms with van der Waals surface area (Å²) in [5.41, 5.74) is 0. The summed E-state index contributed by atoms with van der Waals surface area (Å²) in [5, 5.41) is 8.29. The van der Waals surface area contributed by atoms with E-state index >= 15 is 0 Å². The van der Waals surface area contributed by atoms with Crippen LogP contribution in [0.5, 0.6) is 0 Å². The van der Waals surface area contributed by atoms with E-state index in [4.69, 9.17) is 0 Å². The second kappa shape index (κ2) is 4.22. The summed E-state index contributed by atoms with van der Waals surface area (Å²) in [7, 11) is 0. The van der Waals surface area contributed by atoms with Gasteiger partial charge in [-0.1, -0.05) is 18.7 Å². The van der Waals surface area contributed by atoms with Gasteiger partial charge in [-0.2, -0.15) is 5.10 Å². The Hall–Kier alpha value is -0.640. The van der Waals surface area contributed by atoms with Gasteiger partial charge in [0.1, 0.15) is 0 Å². The molecule has 0 aromatic carbocycles. The van der Waals surface area contributed by atoms with E-state index in [2.05, 4.69) is 22.1 Å². The van der Waals surface area contributed by atoms with Crippen LogP contribution in [0.3, 0.4) is 0 Å². The molecule has 0 atom stereocenters. The molecule has 54 valence electrons. The van der Waals surface area contributed by atoms with Gasteiger partial charge in [-0.25, -0.2) is 4.98 Å². The lowest BCUT2D eigenvalue weighted by Crippen LogP contribution is -1.87. The minimum Gasteiger partial charge on any atom is -0.228 e. The van der Waals surface area contributed by atoms with Crippen LogP contribution in [0.2, 0.25) is 0 Å². The van der Waals surface area contributed by atoms with Crippen LogP contribution in [0.1, 0.15) is 13.3 Å². The molecule has 0 radical (unpaired) electrons. The summed E-state index contributed by atoms with van der Waals surface area (Å²) >= 11 is 1.64. The highest BCUT2D eigenvalue weighted by atomic mass is 32.2. The molecule has 10 heavy (non-hydrogen) atoms. The van der Waals surface area contributed by atoms with Crippen molar-refractivity contribution in [2.75, 3.05) is 5.75 Å². The first-order valence-electron chi connectivity index (χ1n) is 3.20. The van der Waals surface area contributed by atoms with Gasteiger partial charge in [0.25, 0.3) is 0 Å². The van der Waals surface area contributed by atoms with Crippen molar-refractivity contribution in [2.24, 2.45) is 0 Å². The van der Waals surface area contributed by atoms with Gasteiger partial charge >= 0.3 is 0 Å². The van der Waals surface area contributed by atoms with Gasteiger partial charge in [-0.05, 0) is 6.42 Å². The molecule has 4 heteroatoms. The number of aromatic nitrogens is 3. The van der Waals surface area contributed by atoms with Crippen molar-refractivity contribution in [3.8, 4) is 0 Å². The number of thioether (sulfide) groups is 1. The fraction of sp³-hybridized carbons (Fsp3) is 0.500. The number of hydrogen-bond acceptors (Lipinski definition) is 4. The Morgan fingerprint density at radius 1 is 1.50 bits per heavy atom. The van der Waals surface area contributed by atoms with Crippen molar-refractivity contribution >= 4 is 11.8 Å². The molecule has 0 unspecified atom stereocenters. The van der Waals surface area contributed by atoms with Crippen LogP contribution in [0.4, 0.5) is 0 Å². The topological polar surface area (TPSA) is 38.7 Å². The Morgan fingerprint density at radius 3 is 3.00 bits per heavy atom. The van der Waals surface area contributed by atoms with E-state index in [9.17, 15) is 0 Å². The van der Waals surface area contributed by atoms with Crippen molar-refractivity contribution in [1.82, 2.24) is 15.2 Å². The lowest BCUT2D eigenvalue weighted by Gasteiger charge is -1.92. The molecule has 3 nitrogen and oxygen atoms in total. The number of rotatable bonds is 3. The molecule has 0 N–H and O–H groups in total. The number of hydrogen-bond donors (Lipinski definition) is 0. The molecule has 0 fully saturated rings. The fourth-order valence-corrected chi connectivity index (χ4v) is 1.12. The quantitative estimate of drug-likeness (QED) is 0.618. The molecular weight excluding hydrogens is 146 g/mol. The molecule has 0 aliphatic heterocycles. The second-order valence-electron chi connectivity index (χ2n) is 1.77. The molecule has 0 aliphatic rings. The third kappa shape index (κ3) is 2.31.